The summed E-state index contributed by atoms with van der Waals surface area (Å²) in [7, 11) is 4.88. The van der Waals surface area contributed by atoms with Crippen LogP contribution in [0.15, 0.2) is 108 Å². The number of aromatic nitrogens is 6. The minimum atomic E-state index is -0.761. The van der Waals surface area contributed by atoms with E-state index >= 15 is 0 Å². The van der Waals surface area contributed by atoms with Gasteiger partial charge in [0.2, 0.25) is 11.8 Å². The van der Waals surface area contributed by atoms with Crippen molar-refractivity contribution in [2.75, 3.05) is 30.8 Å². The van der Waals surface area contributed by atoms with Crippen molar-refractivity contribution in [3.05, 3.63) is 131 Å². The number of benzene rings is 2. The molecule has 0 saturated heterocycles. The molecule has 8 aromatic rings. The second kappa shape index (κ2) is 25.4. The van der Waals surface area contributed by atoms with Crippen molar-refractivity contribution in [3.8, 4) is 44.8 Å². The third-order valence-corrected chi connectivity index (χ3v) is 12.3. The zero-order valence-electron chi connectivity index (χ0n) is 44.0. The second-order valence-corrected chi connectivity index (χ2v) is 20.0. The third kappa shape index (κ3) is 14.3. The average Bonchev–Trinajstić information content (AvgIpc) is 3.99. The van der Waals surface area contributed by atoms with Gasteiger partial charge < -0.3 is 44.6 Å². The number of nitrogens with one attached hydrogen (secondary N) is 4. The maximum atomic E-state index is 13.7. The molecule has 0 fully saturated rings. The van der Waals surface area contributed by atoms with Crippen molar-refractivity contribution in [2.45, 2.75) is 59.7 Å². The quantitative estimate of drug-likeness (QED) is 0.0536. The number of ether oxygens (including phenoxy) is 3. The van der Waals surface area contributed by atoms with Crippen LogP contribution in [0.3, 0.4) is 0 Å². The Kier molecular flexibility index (Phi) is 19.2. The van der Waals surface area contributed by atoms with E-state index in [4.69, 9.17) is 22.7 Å². The van der Waals surface area contributed by atoms with E-state index in [1.165, 1.54) is 50.5 Å². The van der Waals surface area contributed by atoms with Gasteiger partial charge in [-0.2, -0.15) is 0 Å². The molecule has 2 aromatic carbocycles. The van der Waals surface area contributed by atoms with Crippen molar-refractivity contribution in [3.63, 3.8) is 0 Å². The molecular weight excluding hydrogens is 1170 g/mol. The fourth-order valence-corrected chi connectivity index (χ4v) is 8.56. The van der Waals surface area contributed by atoms with Crippen LogP contribution in [0.5, 0.6) is 0 Å². The predicted molar refractivity (Wildman–Crippen MR) is 289 cm³/mol. The Morgan fingerprint density at radius 3 is 1.47 bits per heavy atom. The molecule has 78 heavy (non-hydrogen) atoms. The van der Waals surface area contributed by atoms with Gasteiger partial charge in [-0.05, 0) is 171 Å². The summed E-state index contributed by atoms with van der Waals surface area (Å²) in [6, 6.07) is 21.4. The fourth-order valence-electron chi connectivity index (χ4n) is 8.18. The molecule has 0 aliphatic heterocycles. The monoisotopic (exact) mass is 1220 g/mol. The Morgan fingerprint density at radius 1 is 0.615 bits per heavy atom. The average molecular weight is 1220 g/mol. The van der Waals surface area contributed by atoms with Crippen LogP contribution in [0.1, 0.15) is 57.5 Å². The number of hydrogen-bond donors (Lipinski definition) is 4. The van der Waals surface area contributed by atoms with Crippen LogP contribution < -0.4 is 21.3 Å². The molecule has 23 heteroatoms. The molecule has 4 N–H and O–H groups in total. The third-order valence-electron chi connectivity index (χ3n) is 11.3. The number of amides is 4. The summed E-state index contributed by atoms with van der Waals surface area (Å²) >= 11 is 5.10. The topological polar surface area (TPSA) is 240 Å². The van der Waals surface area contributed by atoms with Gasteiger partial charge >= 0.3 is 40.8 Å². The molecule has 0 saturated carbocycles. The molecule has 0 aliphatic rings. The summed E-state index contributed by atoms with van der Waals surface area (Å²) in [6.45, 7) is 11.6. The van der Waals surface area contributed by atoms with Gasteiger partial charge in [0.1, 0.15) is 64.4 Å². The first kappa shape index (κ1) is 59.1. The number of esters is 1. The summed E-state index contributed by atoms with van der Waals surface area (Å²) in [5, 5.41) is 11.7. The van der Waals surface area contributed by atoms with E-state index in [1.54, 1.807) is 108 Å². The van der Waals surface area contributed by atoms with Crippen LogP contribution in [-0.2, 0) is 60.5 Å². The van der Waals surface area contributed by atoms with Crippen molar-refractivity contribution in [1.29, 1.82) is 0 Å². The maximum absolute atomic E-state index is 13.7. The van der Waals surface area contributed by atoms with Gasteiger partial charge in [-0.1, -0.05) is 0 Å². The van der Waals surface area contributed by atoms with Gasteiger partial charge in [0.05, 0.1) is 23.0 Å². The second-order valence-electron chi connectivity index (χ2n) is 19.2. The van der Waals surface area contributed by atoms with Crippen LogP contribution in [0.4, 0.5) is 30.0 Å². The Hall–Kier alpha value is -8.13. The number of aryl methyl sites for hydroxylation is 3. The van der Waals surface area contributed by atoms with E-state index < -0.39 is 47.7 Å². The first-order valence-electron chi connectivity index (χ1n) is 23.7. The van der Waals surface area contributed by atoms with E-state index in [2.05, 4.69) is 52.1 Å². The number of carbonyl (C=O) groups excluding carboxylic acids is 5. The van der Waals surface area contributed by atoms with Crippen LogP contribution in [0.2, 0.25) is 0 Å². The van der Waals surface area contributed by atoms with E-state index in [9.17, 15) is 32.8 Å². The first-order chi connectivity index (χ1) is 36.9. The molecule has 19 nitrogen and oxygen atoms in total. The summed E-state index contributed by atoms with van der Waals surface area (Å²) in [5.74, 6) is -2.23. The number of methoxy groups -OCH3 is 1. The number of carbonyl (C=O) groups is 5. The normalized spacial score (nSPS) is 11.1. The van der Waals surface area contributed by atoms with Gasteiger partial charge in [-0.15, -0.1) is 0 Å². The molecule has 0 spiro atoms. The summed E-state index contributed by atoms with van der Waals surface area (Å²) < 4.78 is 55.2. The van der Waals surface area contributed by atoms with Crippen molar-refractivity contribution in [2.24, 2.45) is 14.1 Å². The van der Waals surface area contributed by atoms with Crippen LogP contribution in [0, 0.1) is 18.6 Å². The summed E-state index contributed by atoms with van der Waals surface area (Å²) in [5.41, 5.74) is 7.03. The van der Waals surface area contributed by atoms with Crippen molar-refractivity contribution < 1.29 is 69.6 Å². The number of pyridine rings is 4. The van der Waals surface area contributed by atoms with Crippen LogP contribution in [-0.4, -0.2) is 90.4 Å². The number of anilines is 2. The minimum absolute atomic E-state index is 0.0159. The molecule has 0 aliphatic carbocycles. The SMILES string of the molecule is COC(=O)c1cc2c(-c3ccncc3)c(-c3ccc(F)cc3)n(C)c2nc1NC(=O)CNC(=O)OC(C)(C)C.Cc1c(Br)c(NC(=O)CNC(=O)OC(C)(C)C)nc2c1c(-c1ccncc1)c(-c1ccc(F)cc1)n2C.[O]=[Pd]. The number of rotatable bonds is 11. The van der Waals surface area contributed by atoms with Crippen LogP contribution >= 0.6 is 15.9 Å². The Morgan fingerprint density at radius 2 is 1.03 bits per heavy atom. The van der Waals surface area contributed by atoms with Gasteiger partial charge in [0.15, 0.2) is 0 Å². The van der Waals surface area contributed by atoms with Crippen molar-refractivity contribution >= 4 is 79.6 Å². The zero-order valence-corrected chi connectivity index (χ0v) is 47.2. The van der Waals surface area contributed by atoms with E-state index in [0.717, 1.165) is 55.7 Å². The van der Waals surface area contributed by atoms with Gasteiger partial charge in [-0.25, -0.2) is 33.1 Å². The molecule has 6 aromatic heterocycles. The first-order valence-corrected chi connectivity index (χ1v) is 25.2. The van der Waals surface area contributed by atoms with E-state index in [1.807, 2.05) is 42.8 Å². The predicted octanol–water partition coefficient (Wildman–Crippen LogP) is 10.5. The molecule has 410 valence electrons. The number of halogens is 3. The zero-order chi connectivity index (χ0) is 57.2. The standard InChI is InChI=1S/C28H28FN5O5.C27H27BrFN5O3.O.Pd/c1-28(2,3)39-27(37)31-15-21(35)32-24-20(26(36)38-5)14-19-22(16-10-12-30-13-11-16)23(34(4)25(19)33-24)17-6-8-18(29)9-7-17;1-15-20-21(16-10-12-30-13-11-16)23(17-6-8-18(29)9-7-17)34(5)25(20)33-24(22(15)28)32-19(35)14-31-26(36)37-27(2,3)4;;/h6-14H,15H2,1-5H3,(H,31,37)(H,32,33,35);6-13H,14H2,1-5H3,(H,31,36)(H,32,33,35);;. The van der Waals surface area contributed by atoms with Crippen molar-refractivity contribution in [1.82, 2.24) is 39.7 Å². The fraction of sp³-hybridized carbons (Fsp3) is 0.255. The molecule has 0 unspecified atom stereocenters. The van der Waals surface area contributed by atoms with E-state index in [0.29, 0.717) is 27.0 Å². The summed E-state index contributed by atoms with van der Waals surface area (Å²) in [4.78, 5) is 79.6. The van der Waals surface area contributed by atoms with E-state index in [-0.39, 0.29) is 29.6 Å². The van der Waals surface area contributed by atoms with Gasteiger partial charge in [-0.3, -0.25) is 19.6 Å². The number of nitrogens with zero attached hydrogens (tertiary/aromatic N) is 6. The number of alkyl carbamates (subject to hydrolysis) is 2. The Labute approximate surface area is 466 Å². The Balaban J connectivity index is 0.000000245. The molecule has 4 amide bonds. The number of hydrogen-bond acceptors (Lipinski definition) is 13. The molecule has 0 bridgehead atoms. The molecular formula is C55H55BrF2N10O9Pd. The van der Waals surface area contributed by atoms with Gasteiger partial charge in [0, 0.05) is 60.8 Å². The molecule has 0 atom stereocenters. The van der Waals surface area contributed by atoms with Crippen LogP contribution in [0.25, 0.3) is 66.8 Å². The molecule has 8 rings (SSSR count). The summed E-state index contributed by atoms with van der Waals surface area (Å²) in [6.07, 6.45) is 5.27. The molecule has 0 radical (unpaired) electrons. The Bertz CT molecular complexity index is 3510. The van der Waals surface area contributed by atoms with Gasteiger partial charge in [0.25, 0.3) is 0 Å². The molecule has 6 heterocycles. The number of fused-ring (bicyclic) bond motifs is 2.